The number of anilines is 1. The number of rotatable bonds is 7. The van der Waals surface area contributed by atoms with Gasteiger partial charge in [0.1, 0.15) is 0 Å². The second-order valence-corrected chi connectivity index (χ2v) is 7.67. The fourth-order valence-corrected chi connectivity index (χ4v) is 3.92. The molecule has 3 rings (SSSR count). The number of para-hydroxylation sites is 1. The Hall–Kier alpha value is -2.38. The van der Waals surface area contributed by atoms with Crippen molar-refractivity contribution in [1.29, 1.82) is 0 Å². The topological polar surface area (TPSA) is 65.5 Å². The Balaban J connectivity index is 1.41. The molecule has 1 aliphatic rings. The molecule has 148 valence electrons. The predicted molar refractivity (Wildman–Crippen MR) is 112 cm³/mol. The summed E-state index contributed by atoms with van der Waals surface area (Å²) in [6.07, 6.45) is 2.61. The van der Waals surface area contributed by atoms with E-state index in [2.05, 4.69) is 22.1 Å². The van der Waals surface area contributed by atoms with Crippen LogP contribution in [-0.4, -0.2) is 65.1 Å². The number of carbonyl (C=O) groups is 2. The molecule has 0 aliphatic carbocycles. The van der Waals surface area contributed by atoms with Crippen LogP contribution in [0.3, 0.4) is 0 Å². The van der Waals surface area contributed by atoms with Gasteiger partial charge in [-0.25, -0.2) is 4.98 Å². The van der Waals surface area contributed by atoms with Gasteiger partial charge in [-0.3, -0.25) is 14.5 Å². The lowest BCUT2D eigenvalue weighted by Crippen LogP contribution is -2.50. The number of piperazine rings is 1. The Bertz CT molecular complexity index is 792. The molecule has 0 atom stereocenters. The zero-order valence-corrected chi connectivity index (χ0v) is 17.0. The molecule has 0 bridgehead atoms. The van der Waals surface area contributed by atoms with Crippen LogP contribution in [0.4, 0.5) is 5.69 Å². The van der Waals surface area contributed by atoms with Crippen molar-refractivity contribution in [1.82, 2.24) is 14.8 Å². The number of aromatic nitrogens is 1. The van der Waals surface area contributed by atoms with Crippen molar-refractivity contribution >= 4 is 29.3 Å². The molecular weight excluding hydrogens is 372 g/mol. The highest BCUT2D eigenvalue weighted by atomic mass is 32.2. The van der Waals surface area contributed by atoms with Gasteiger partial charge in [0.05, 0.1) is 17.3 Å². The largest absolute Gasteiger partial charge is 0.339 e. The number of hydrogen-bond acceptors (Lipinski definition) is 5. The van der Waals surface area contributed by atoms with Gasteiger partial charge in [-0.05, 0) is 30.2 Å². The summed E-state index contributed by atoms with van der Waals surface area (Å²) in [5.41, 5.74) is 2.02. The van der Waals surface area contributed by atoms with E-state index in [0.717, 1.165) is 22.7 Å². The summed E-state index contributed by atoms with van der Waals surface area (Å²) in [7, 11) is 0. The van der Waals surface area contributed by atoms with Gasteiger partial charge in [-0.2, -0.15) is 0 Å². The molecule has 2 amide bonds. The Labute approximate surface area is 170 Å². The second-order valence-electron chi connectivity index (χ2n) is 6.67. The van der Waals surface area contributed by atoms with Crippen LogP contribution in [0.25, 0.3) is 0 Å². The number of benzene rings is 1. The van der Waals surface area contributed by atoms with Crippen LogP contribution in [0.5, 0.6) is 0 Å². The van der Waals surface area contributed by atoms with Gasteiger partial charge >= 0.3 is 0 Å². The van der Waals surface area contributed by atoms with Crippen molar-refractivity contribution in [2.75, 3.05) is 43.8 Å². The second kappa shape index (κ2) is 10.2. The molecule has 1 aromatic heterocycles. The van der Waals surface area contributed by atoms with Gasteiger partial charge in [0.25, 0.3) is 0 Å². The summed E-state index contributed by atoms with van der Waals surface area (Å²) < 4.78 is 0. The Kier molecular flexibility index (Phi) is 7.45. The van der Waals surface area contributed by atoms with Crippen molar-refractivity contribution in [3.63, 3.8) is 0 Å². The fourth-order valence-electron chi connectivity index (χ4n) is 3.16. The highest BCUT2D eigenvalue weighted by Gasteiger charge is 2.22. The summed E-state index contributed by atoms with van der Waals surface area (Å²) in [5, 5.41) is 3.87. The number of amides is 2. The van der Waals surface area contributed by atoms with Crippen LogP contribution in [0, 0.1) is 0 Å². The third kappa shape index (κ3) is 5.81. The molecular formula is C21H26N4O2S. The molecule has 2 aromatic rings. The normalized spacial score (nSPS) is 14.7. The molecule has 6 nitrogen and oxygen atoms in total. The number of aryl methyl sites for hydroxylation is 1. The quantitative estimate of drug-likeness (QED) is 0.726. The van der Waals surface area contributed by atoms with Crippen LogP contribution in [0.2, 0.25) is 0 Å². The van der Waals surface area contributed by atoms with Gasteiger partial charge in [0.15, 0.2) is 0 Å². The molecule has 2 heterocycles. The molecule has 1 fully saturated rings. The van der Waals surface area contributed by atoms with Crippen LogP contribution < -0.4 is 5.32 Å². The first-order chi connectivity index (χ1) is 13.7. The maximum absolute atomic E-state index is 12.4. The van der Waals surface area contributed by atoms with E-state index in [-0.39, 0.29) is 11.8 Å². The minimum absolute atomic E-state index is 0.00798. The highest BCUT2D eigenvalue weighted by molar-refractivity contribution is 7.99. The van der Waals surface area contributed by atoms with E-state index >= 15 is 0 Å². The van der Waals surface area contributed by atoms with Crippen molar-refractivity contribution in [2.45, 2.75) is 18.4 Å². The Morgan fingerprint density at radius 1 is 1.07 bits per heavy atom. The lowest BCUT2D eigenvalue weighted by molar-refractivity contribution is -0.130. The first-order valence-electron chi connectivity index (χ1n) is 9.57. The molecule has 1 saturated heterocycles. The van der Waals surface area contributed by atoms with Gasteiger partial charge in [0.2, 0.25) is 11.8 Å². The monoisotopic (exact) mass is 398 g/mol. The zero-order valence-electron chi connectivity index (χ0n) is 16.1. The van der Waals surface area contributed by atoms with E-state index in [4.69, 9.17) is 0 Å². The highest BCUT2D eigenvalue weighted by Crippen LogP contribution is 2.16. The molecule has 1 aliphatic heterocycles. The summed E-state index contributed by atoms with van der Waals surface area (Å²) in [6, 6.07) is 13.6. The van der Waals surface area contributed by atoms with E-state index in [1.54, 1.807) is 6.20 Å². The standard InChI is InChI=1S/C21H26N4O2S/c1-2-17-7-3-4-8-18(17)23-19(26)15-24-11-13-25(14-12-24)21(27)16-28-20-9-5-6-10-22-20/h3-10H,2,11-16H2,1H3,(H,23,26). The van der Waals surface area contributed by atoms with E-state index in [0.29, 0.717) is 38.5 Å². The van der Waals surface area contributed by atoms with Gasteiger partial charge in [-0.15, -0.1) is 0 Å². The van der Waals surface area contributed by atoms with Crippen molar-refractivity contribution in [3.8, 4) is 0 Å². The van der Waals surface area contributed by atoms with Crippen molar-refractivity contribution < 1.29 is 9.59 Å². The Morgan fingerprint density at radius 2 is 1.82 bits per heavy atom. The molecule has 28 heavy (non-hydrogen) atoms. The number of hydrogen-bond donors (Lipinski definition) is 1. The third-order valence-corrected chi connectivity index (χ3v) is 5.67. The fraction of sp³-hybridized carbons (Fsp3) is 0.381. The summed E-state index contributed by atoms with van der Waals surface area (Å²) in [4.78, 5) is 33.0. The molecule has 0 spiro atoms. The Morgan fingerprint density at radius 3 is 2.54 bits per heavy atom. The zero-order chi connectivity index (χ0) is 19.8. The summed E-state index contributed by atoms with van der Waals surface area (Å²) in [5.74, 6) is 0.508. The number of nitrogens with one attached hydrogen (secondary N) is 1. The smallest absolute Gasteiger partial charge is 0.238 e. The molecule has 1 aromatic carbocycles. The van der Waals surface area contributed by atoms with Crippen LogP contribution in [0.1, 0.15) is 12.5 Å². The molecule has 0 radical (unpaired) electrons. The minimum atomic E-state index is -0.00798. The number of thioether (sulfide) groups is 1. The number of carbonyl (C=O) groups excluding carboxylic acids is 2. The van der Waals surface area contributed by atoms with Crippen LogP contribution >= 0.6 is 11.8 Å². The minimum Gasteiger partial charge on any atom is -0.339 e. The first kappa shape index (κ1) is 20.4. The third-order valence-electron chi connectivity index (χ3n) is 4.75. The van der Waals surface area contributed by atoms with E-state index < -0.39 is 0 Å². The molecule has 0 unspecified atom stereocenters. The maximum atomic E-state index is 12.4. The predicted octanol–water partition coefficient (Wildman–Crippen LogP) is 2.52. The van der Waals surface area contributed by atoms with Gasteiger partial charge in [0, 0.05) is 38.1 Å². The maximum Gasteiger partial charge on any atom is 0.238 e. The average molecular weight is 399 g/mol. The van der Waals surface area contributed by atoms with E-state index in [1.807, 2.05) is 47.4 Å². The number of pyridine rings is 1. The lowest BCUT2D eigenvalue weighted by Gasteiger charge is -2.34. The first-order valence-corrected chi connectivity index (χ1v) is 10.6. The number of nitrogens with zero attached hydrogens (tertiary/aromatic N) is 3. The molecule has 1 N–H and O–H groups in total. The van der Waals surface area contributed by atoms with Crippen molar-refractivity contribution in [2.24, 2.45) is 0 Å². The van der Waals surface area contributed by atoms with Crippen LogP contribution in [0.15, 0.2) is 53.7 Å². The SMILES string of the molecule is CCc1ccccc1NC(=O)CN1CCN(C(=O)CSc2ccccn2)CC1. The van der Waals surface area contributed by atoms with Crippen LogP contribution in [-0.2, 0) is 16.0 Å². The average Bonchev–Trinajstić information content (AvgIpc) is 2.73. The van der Waals surface area contributed by atoms with E-state index in [9.17, 15) is 9.59 Å². The van der Waals surface area contributed by atoms with Gasteiger partial charge < -0.3 is 10.2 Å². The van der Waals surface area contributed by atoms with Crippen molar-refractivity contribution in [3.05, 3.63) is 54.2 Å². The van der Waals surface area contributed by atoms with E-state index in [1.165, 1.54) is 11.8 Å². The van der Waals surface area contributed by atoms with Gasteiger partial charge in [-0.1, -0.05) is 43.0 Å². The molecule has 7 heteroatoms. The summed E-state index contributed by atoms with van der Waals surface area (Å²) in [6.45, 7) is 5.16. The lowest BCUT2D eigenvalue weighted by atomic mass is 10.1. The summed E-state index contributed by atoms with van der Waals surface area (Å²) >= 11 is 1.46. The molecule has 0 saturated carbocycles.